The van der Waals surface area contributed by atoms with Gasteiger partial charge in [-0.3, -0.25) is 18.6 Å². The summed E-state index contributed by atoms with van der Waals surface area (Å²) in [5, 5.41) is 22.8. The first-order chi connectivity index (χ1) is 20.0. The van der Waals surface area contributed by atoms with Crippen molar-refractivity contribution in [3.8, 4) is 0 Å². The summed E-state index contributed by atoms with van der Waals surface area (Å²) in [4.78, 5) is 4.07. The van der Waals surface area contributed by atoms with E-state index in [1.807, 2.05) is 12.1 Å². The molecule has 1 aliphatic heterocycles. The van der Waals surface area contributed by atoms with E-state index in [9.17, 15) is 14.8 Å². The van der Waals surface area contributed by atoms with Gasteiger partial charge in [0, 0.05) is 18.8 Å². The van der Waals surface area contributed by atoms with Crippen LogP contribution in [0.15, 0.2) is 24.5 Å². The summed E-state index contributed by atoms with van der Waals surface area (Å²) in [5.74, 6) is 3.42. The van der Waals surface area contributed by atoms with E-state index in [4.69, 9.17) is 13.6 Å². The lowest BCUT2D eigenvalue weighted by Gasteiger charge is -2.65. The molecule has 4 saturated carbocycles. The van der Waals surface area contributed by atoms with Gasteiger partial charge in [-0.15, -0.1) is 0 Å². The van der Waals surface area contributed by atoms with Crippen molar-refractivity contribution >= 4 is 7.82 Å². The third kappa shape index (κ3) is 5.36. The summed E-state index contributed by atoms with van der Waals surface area (Å²) < 4.78 is 30.6. The third-order valence-electron chi connectivity index (χ3n) is 13.1. The minimum absolute atomic E-state index is 0.190. The second-order valence-corrected chi connectivity index (χ2v) is 17.0. The summed E-state index contributed by atoms with van der Waals surface area (Å²) in [6.07, 6.45) is 11.7. The Hall–Kier alpha value is -0.820. The molecule has 5 unspecified atom stereocenters. The molecule has 2 heterocycles. The van der Waals surface area contributed by atoms with Crippen LogP contribution >= 0.6 is 7.82 Å². The molecule has 0 bridgehead atoms. The lowest BCUT2D eigenvalue weighted by Crippen LogP contribution is -2.63. The molecule has 5 aliphatic rings. The lowest BCUT2D eigenvalue weighted by molar-refractivity contribution is -0.211. The number of rotatable bonds is 7. The molecular formula is C34H54NO6P. The number of hydrogen-bond donors (Lipinski definition) is 2. The highest BCUT2D eigenvalue weighted by molar-refractivity contribution is 7.48. The quantitative estimate of drug-likeness (QED) is 0.310. The first-order valence-corrected chi connectivity index (χ1v) is 18.3. The maximum absolute atomic E-state index is 13.3. The van der Waals surface area contributed by atoms with Gasteiger partial charge in [0.15, 0.2) is 0 Å². The molecule has 2 N–H and O–H groups in total. The van der Waals surface area contributed by atoms with E-state index in [0.717, 1.165) is 31.2 Å². The van der Waals surface area contributed by atoms with Gasteiger partial charge in [-0.2, -0.15) is 0 Å². The van der Waals surface area contributed by atoms with Crippen LogP contribution < -0.4 is 0 Å². The second kappa shape index (κ2) is 11.8. The largest absolute Gasteiger partial charge is 0.475 e. The number of aromatic nitrogens is 1. The summed E-state index contributed by atoms with van der Waals surface area (Å²) in [7, 11) is -3.61. The predicted molar refractivity (Wildman–Crippen MR) is 162 cm³/mol. The first kappa shape index (κ1) is 31.2. The Morgan fingerprint density at radius 2 is 1.71 bits per heavy atom. The fourth-order valence-electron chi connectivity index (χ4n) is 11.1. The third-order valence-corrected chi connectivity index (χ3v) is 14.6. The van der Waals surface area contributed by atoms with Crippen LogP contribution in [0.2, 0.25) is 0 Å². The molecule has 1 aromatic heterocycles. The smallest absolute Gasteiger partial charge is 0.393 e. The number of nitrogens with zero attached hydrogens (tertiary/aromatic N) is 1. The van der Waals surface area contributed by atoms with Gasteiger partial charge in [-0.05, 0) is 127 Å². The number of phosphoric acid groups is 1. The van der Waals surface area contributed by atoms with Crippen LogP contribution in [0.3, 0.4) is 0 Å². The molecule has 42 heavy (non-hydrogen) atoms. The number of aliphatic hydroxyl groups is 2. The Morgan fingerprint density at radius 3 is 2.45 bits per heavy atom. The zero-order valence-electron chi connectivity index (χ0n) is 26.4. The van der Waals surface area contributed by atoms with Crippen LogP contribution in [0.1, 0.15) is 104 Å². The number of aliphatic hydroxyl groups excluding tert-OH is 2. The molecule has 8 heteroatoms. The Balaban J connectivity index is 1.12. The van der Waals surface area contributed by atoms with E-state index < -0.39 is 7.82 Å². The van der Waals surface area contributed by atoms with Crippen LogP contribution in [-0.2, 0) is 18.1 Å². The second-order valence-electron chi connectivity index (χ2n) is 15.4. The Labute approximate surface area is 253 Å². The van der Waals surface area contributed by atoms with Crippen molar-refractivity contribution in [3.05, 3.63) is 30.1 Å². The summed E-state index contributed by atoms with van der Waals surface area (Å²) in [6.45, 7) is 12.6. The predicted octanol–water partition coefficient (Wildman–Crippen LogP) is 7.58. The molecule has 0 radical (unpaired) electrons. The zero-order valence-corrected chi connectivity index (χ0v) is 27.3. The average molecular weight is 604 g/mol. The molecule has 6 rings (SSSR count). The van der Waals surface area contributed by atoms with Crippen molar-refractivity contribution in [1.29, 1.82) is 0 Å². The van der Waals surface area contributed by atoms with Crippen LogP contribution in [0.25, 0.3) is 0 Å². The maximum atomic E-state index is 13.3. The highest BCUT2D eigenvalue weighted by atomic mass is 31.2. The summed E-state index contributed by atoms with van der Waals surface area (Å²) in [6, 6.07) is 3.78. The monoisotopic (exact) mass is 603 g/mol. The van der Waals surface area contributed by atoms with Crippen molar-refractivity contribution in [2.45, 2.75) is 111 Å². The van der Waals surface area contributed by atoms with Gasteiger partial charge in [0.1, 0.15) is 0 Å². The van der Waals surface area contributed by atoms with Gasteiger partial charge in [-0.25, -0.2) is 4.57 Å². The SMILES string of the molecule is CC(C)[C@@H]1C2C[C@H](O)CC[C@]2(C)C2CC[C@@]3(C)C(CCC3[C@H](C)CCO[P@@]3(=O)OCC[C@@H](c4ccncc4)O3)C2[C@@H]1O. The molecule has 13 atom stereocenters. The van der Waals surface area contributed by atoms with E-state index in [1.54, 1.807) is 12.4 Å². The number of fused-ring (bicyclic) bond motifs is 5. The minimum Gasteiger partial charge on any atom is -0.393 e. The van der Waals surface area contributed by atoms with E-state index in [0.29, 0.717) is 61.1 Å². The minimum atomic E-state index is -3.61. The first-order valence-electron chi connectivity index (χ1n) is 16.8. The topological polar surface area (TPSA) is 98.1 Å². The van der Waals surface area contributed by atoms with E-state index >= 15 is 0 Å². The van der Waals surface area contributed by atoms with Gasteiger partial charge >= 0.3 is 7.82 Å². The average Bonchev–Trinajstić information content (AvgIpc) is 3.31. The van der Waals surface area contributed by atoms with Gasteiger partial charge in [0.25, 0.3) is 0 Å². The molecular weight excluding hydrogens is 549 g/mol. The van der Waals surface area contributed by atoms with Gasteiger partial charge in [0.2, 0.25) is 0 Å². The van der Waals surface area contributed by atoms with Gasteiger partial charge in [0.05, 0.1) is 31.5 Å². The zero-order chi connectivity index (χ0) is 29.9. The Morgan fingerprint density at radius 1 is 1.00 bits per heavy atom. The molecule has 0 amide bonds. The van der Waals surface area contributed by atoms with E-state index in [-0.39, 0.29) is 35.1 Å². The van der Waals surface area contributed by atoms with Crippen LogP contribution in [0.5, 0.6) is 0 Å². The molecule has 236 valence electrons. The van der Waals surface area contributed by atoms with Crippen LogP contribution in [0.4, 0.5) is 0 Å². The van der Waals surface area contributed by atoms with Crippen molar-refractivity contribution < 1.29 is 28.3 Å². The van der Waals surface area contributed by atoms with E-state index in [2.05, 4.69) is 39.6 Å². The highest BCUT2D eigenvalue weighted by Crippen LogP contribution is 2.70. The Kier molecular flexibility index (Phi) is 8.79. The standard InChI is InChI=1S/C34H54NO6P/c1-21(2)30-28-20-24(36)8-14-34(28,5)27-9-15-33(4)25(6-7-26(33)31(27)32(30)37)22(3)12-18-39-42(38)40-19-13-29(41-42)23-10-16-35-17-11-23/h10-11,16-17,21-22,24-32,36-37H,6-9,12-15,18-20H2,1-5H3/t22-,24-,25?,26?,27?,28?,29+,30-,31?,32-,33-,34-,42+/m1/s1. The number of hydrogen-bond acceptors (Lipinski definition) is 7. The maximum Gasteiger partial charge on any atom is 0.475 e. The molecule has 1 saturated heterocycles. The molecule has 1 aromatic rings. The van der Waals surface area contributed by atoms with E-state index in [1.165, 1.54) is 25.7 Å². The molecule has 4 aliphatic carbocycles. The fourth-order valence-corrected chi connectivity index (χ4v) is 12.5. The molecule has 7 nitrogen and oxygen atoms in total. The van der Waals surface area contributed by atoms with Crippen molar-refractivity contribution in [3.63, 3.8) is 0 Å². The van der Waals surface area contributed by atoms with Crippen LogP contribution in [-0.4, -0.2) is 40.6 Å². The molecule has 0 aromatic carbocycles. The fraction of sp³-hybridized carbons (Fsp3) is 0.853. The van der Waals surface area contributed by atoms with Crippen molar-refractivity contribution in [2.24, 2.45) is 58.2 Å². The number of phosphoric ester groups is 1. The van der Waals surface area contributed by atoms with Gasteiger partial charge in [-0.1, -0.05) is 34.6 Å². The van der Waals surface area contributed by atoms with Gasteiger partial charge < -0.3 is 10.2 Å². The Bertz CT molecular complexity index is 1130. The summed E-state index contributed by atoms with van der Waals surface area (Å²) >= 11 is 0. The molecule has 5 fully saturated rings. The summed E-state index contributed by atoms with van der Waals surface area (Å²) in [5.41, 5.74) is 1.34. The highest BCUT2D eigenvalue weighted by Gasteiger charge is 2.65. The van der Waals surface area contributed by atoms with Crippen molar-refractivity contribution in [2.75, 3.05) is 13.2 Å². The normalized spacial score (nSPS) is 47.9. The van der Waals surface area contributed by atoms with Crippen LogP contribution in [0, 0.1) is 58.2 Å². The lowest BCUT2D eigenvalue weighted by atomic mass is 9.40. The number of pyridine rings is 1. The van der Waals surface area contributed by atoms with Crippen molar-refractivity contribution in [1.82, 2.24) is 4.98 Å². The molecule has 0 spiro atoms.